The van der Waals surface area contributed by atoms with Crippen LogP contribution < -0.4 is 5.73 Å². The number of rotatable bonds is 7. The third-order valence-electron chi connectivity index (χ3n) is 3.10. The summed E-state index contributed by atoms with van der Waals surface area (Å²) in [5.74, 6) is 0. The molecule has 1 aromatic heterocycles. The van der Waals surface area contributed by atoms with Crippen molar-refractivity contribution in [3.8, 4) is 0 Å². The third kappa shape index (κ3) is 4.07. The maximum Gasteiger partial charge on any atom is 0.0659 e. The summed E-state index contributed by atoms with van der Waals surface area (Å²) in [5, 5.41) is 0. The summed E-state index contributed by atoms with van der Waals surface area (Å²) in [4.78, 5) is 6.52. The highest BCUT2D eigenvalue weighted by atomic mass is 16.5. The van der Waals surface area contributed by atoms with Gasteiger partial charge >= 0.3 is 0 Å². The summed E-state index contributed by atoms with van der Waals surface area (Å²) in [6.07, 6.45) is 1.81. The zero-order chi connectivity index (χ0) is 12.7. The molecular weight excluding hydrogens is 214 g/mol. The molecule has 0 bridgehead atoms. The van der Waals surface area contributed by atoms with E-state index < -0.39 is 0 Å². The summed E-state index contributed by atoms with van der Waals surface area (Å²) >= 11 is 0. The van der Waals surface area contributed by atoms with Gasteiger partial charge in [-0.2, -0.15) is 0 Å². The van der Waals surface area contributed by atoms with E-state index in [0.717, 1.165) is 12.2 Å². The van der Waals surface area contributed by atoms with Gasteiger partial charge in [-0.25, -0.2) is 0 Å². The number of aromatic nitrogens is 1. The lowest BCUT2D eigenvalue weighted by atomic mass is 10.0. The van der Waals surface area contributed by atoms with Crippen LogP contribution >= 0.6 is 0 Å². The van der Waals surface area contributed by atoms with E-state index >= 15 is 0 Å². The van der Waals surface area contributed by atoms with Gasteiger partial charge in [-0.05, 0) is 33.0 Å². The molecular formula is C13H23N3O. The molecule has 96 valence electrons. The number of nitrogens with two attached hydrogens (primary N) is 1. The molecule has 1 atom stereocenters. The molecule has 0 amide bonds. The van der Waals surface area contributed by atoms with Gasteiger partial charge in [-0.1, -0.05) is 6.07 Å². The molecule has 1 unspecified atom stereocenters. The van der Waals surface area contributed by atoms with Gasteiger partial charge in [0.05, 0.1) is 17.8 Å². The maximum absolute atomic E-state index is 5.86. The van der Waals surface area contributed by atoms with Gasteiger partial charge < -0.3 is 10.5 Å². The first-order chi connectivity index (χ1) is 8.12. The summed E-state index contributed by atoms with van der Waals surface area (Å²) < 4.78 is 5.51. The van der Waals surface area contributed by atoms with E-state index in [1.54, 1.807) is 0 Å². The van der Waals surface area contributed by atoms with Crippen LogP contribution in [0.15, 0.2) is 24.4 Å². The molecule has 4 nitrogen and oxygen atoms in total. The van der Waals surface area contributed by atoms with Gasteiger partial charge in [0.2, 0.25) is 0 Å². The van der Waals surface area contributed by atoms with E-state index in [2.05, 4.69) is 23.9 Å². The Morgan fingerprint density at radius 2 is 2.24 bits per heavy atom. The lowest BCUT2D eigenvalue weighted by Crippen LogP contribution is -2.52. The average Bonchev–Trinajstić information content (AvgIpc) is 2.37. The monoisotopic (exact) mass is 237 g/mol. The zero-order valence-electron chi connectivity index (χ0n) is 11.0. The van der Waals surface area contributed by atoms with Crippen LogP contribution in [0.25, 0.3) is 0 Å². The van der Waals surface area contributed by atoms with E-state index in [1.165, 1.54) is 0 Å². The van der Waals surface area contributed by atoms with Crippen molar-refractivity contribution in [3.63, 3.8) is 0 Å². The Morgan fingerprint density at radius 1 is 1.47 bits per heavy atom. The summed E-state index contributed by atoms with van der Waals surface area (Å²) in [6.45, 7) is 6.82. The minimum Gasteiger partial charge on any atom is -0.380 e. The van der Waals surface area contributed by atoms with E-state index in [-0.39, 0.29) is 5.54 Å². The van der Waals surface area contributed by atoms with Crippen molar-refractivity contribution in [2.45, 2.75) is 25.9 Å². The van der Waals surface area contributed by atoms with Gasteiger partial charge in [0.15, 0.2) is 0 Å². The Kier molecular flexibility index (Phi) is 5.55. The Morgan fingerprint density at radius 3 is 2.76 bits per heavy atom. The van der Waals surface area contributed by atoms with Gasteiger partial charge in [0, 0.05) is 25.9 Å². The van der Waals surface area contributed by atoms with Crippen LogP contribution in [-0.4, -0.2) is 42.2 Å². The Bertz CT molecular complexity index is 318. The predicted molar refractivity (Wildman–Crippen MR) is 69.7 cm³/mol. The Labute approximate surface area is 104 Å². The Hall–Kier alpha value is -0.970. The third-order valence-corrected chi connectivity index (χ3v) is 3.10. The fourth-order valence-electron chi connectivity index (χ4n) is 1.57. The largest absolute Gasteiger partial charge is 0.380 e. The standard InChI is InChI=1S/C13H23N3O/c1-4-17-11-13(2,10-14)16(3)9-12-7-5-6-8-15-12/h5-8H,4,9-11,14H2,1-3H3. The van der Waals surface area contributed by atoms with Crippen molar-refractivity contribution >= 4 is 0 Å². The van der Waals surface area contributed by atoms with Crippen LogP contribution in [0, 0.1) is 0 Å². The molecule has 17 heavy (non-hydrogen) atoms. The molecule has 0 aliphatic heterocycles. The van der Waals surface area contributed by atoms with Crippen LogP contribution in [0.5, 0.6) is 0 Å². The minimum absolute atomic E-state index is 0.145. The van der Waals surface area contributed by atoms with Crippen LogP contribution in [0.1, 0.15) is 19.5 Å². The number of ether oxygens (including phenoxy) is 1. The molecule has 4 heteroatoms. The molecule has 0 aliphatic rings. The molecule has 0 saturated heterocycles. The van der Waals surface area contributed by atoms with Crippen LogP contribution in [0.2, 0.25) is 0 Å². The van der Waals surface area contributed by atoms with E-state index in [0.29, 0.717) is 19.8 Å². The van der Waals surface area contributed by atoms with E-state index in [9.17, 15) is 0 Å². The second-order valence-corrected chi connectivity index (χ2v) is 4.52. The van der Waals surface area contributed by atoms with Gasteiger partial charge in [0.25, 0.3) is 0 Å². The molecule has 0 aliphatic carbocycles. The lowest BCUT2D eigenvalue weighted by molar-refractivity contribution is 0.0196. The molecule has 1 aromatic rings. The first kappa shape index (κ1) is 14.1. The van der Waals surface area contributed by atoms with Crippen molar-refractivity contribution in [2.75, 3.05) is 26.8 Å². The van der Waals surface area contributed by atoms with Crippen LogP contribution in [0.4, 0.5) is 0 Å². The molecule has 2 N–H and O–H groups in total. The van der Waals surface area contributed by atoms with Crippen molar-refractivity contribution in [1.82, 2.24) is 9.88 Å². The van der Waals surface area contributed by atoms with Crippen molar-refractivity contribution in [2.24, 2.45) is 5.73 Å². The molecule has 0 fully saturated rings. The first-order valence-corrected chi connectivity index (χ1v) is 6.01. The summed E-state index contributed by atoms with van der Waals surface area (Å²) in [7, 11) is 2.06. The normalized spacial score (nSPS) is 14.9. The quantitative estimate of drug-likeness (QED) is 0.776. The predicted octanol–water partition coefficient (Wildman–Crippen LogP) is 1.27. The zero-order valence-corrected chi connectivity index (χ0v) is 11.0. The molecule has 0 radical (unpaired) electrons. The maximum atomic E-state index is 5.86. The number of hydrogen-bond acceptors (Lipinski definition) is 4. The smallest absolute Gasteiger partial charge is 0.0659 e. The van der Waals surface area contributed by atoms with Gasteiger partial charge in [-0.15, -0.1) is 0 Å². The van der Waals surface area contributed by atoms with Crippen molar-refractivity contribution in [1.29, 1.82) is 0 Å². The van der Waals surface area contributed by atoms with Crippen molar-refractivity contribution in [3.05, 3.63) is 30.1 Å². The minimum atomic E-state index is -0.145. The summed E-state index contributed by atoms with van der Waals surface area (Å²) in [6, 6.07) is 5.94. The topological polar surface area (TPSA) is 51.4 Å². The fourth-order valence-corrected chi connectivity index (χ4v) is 1.57. The van der Waals surface area contributed by atoms with E-state index in [4.69, 9.17) is 10.5 Å². The van der Waals surface area contributed by atoms with Crippen molar-refractivity contribution < 1.29 is 4.74 Å². The van der Waals surface area contributed by atoms with Gasteiger partial charge in [-0.3, -0.25) is 9.88 Å². The Balaban J connectivity index is 2.63. The van der Waals surface area contributed by atoms with Crippen LogP contribution in [-0.2, 0) is 11.3 Å². The number of likely N-dealkylation sites (N-methyl/N-ethyl adjacent to an activating group) is 1. The SMILES string of the molecule is CCOCC(C)(CN)N(C)Cc1ccccn1. The van der Waals surface area contributed by atoms with Gasteiger partial charge in [0.1, 0.15) is 0 Å². The molecule has 0 aromatic carbocycles. The second kappa shape index (κ2) is 6.69. The molecule has 1 heterocycles. The highest BCUT2D eigenvalue weighted by Crippen LogP contribution is 2.15. The fraction of sp³-hybridized carbons (Fsp3) is 0.615. The first-order valence-electron chi connectivity index (χ1n) is 6.01. The molecule has 0 saturated carbocycles. The number of hydrogen-bond donors (Lipinski definition) is 1. The highest BCUT2D eigenvalue weighted by molar-refractivity contribution is 5.04. The lowest BCUT2D eigenvalue weighted by Gasteiger charge is -2.37. The highest BCUT2D eigenvalue weighted by Gasteiger charge is 2.28. The van der Waals surface area contributed by atoms with Crippen LogP contribution in [0.3, 0.4) is 0 Å². The average molecular weight is 237 g/mol. The van der Waals surface area contributed by atoms with E-state index in [1.807, 2.05) is 31.3 Å². The molecule has 0 spiro atoms. The summed E-state index contributed by atoms with van der Waals surface area (Å²) in [5.41, 5.74) is 6.76. The second-order valence-electron chi connectivity index (χ2n) is 4.52. The number of nitrogens with zero attached hydrogens (tertiary/aromatic N) is 2. The molecule has 1 rings (SSSR count). The number of pyridine rings is 1.